The average Bonchev–Trinajstić information content (AvgIpc) is 2.60. The Balaban J connectivity index is 1.84. The number of hydrogen-bond donors (Lipinski definition) is 3. The summed E-state index contributed by atoms with van der Waals surface area (Å²) in [5.74, 6) is 6.21. The molecule has 2 aromatic rings. The van der Waals surface area contributed by atoms with E-state index >= 15 is 0 Å². The van der Waals surface area contributed by atoms with Crippen molar-refractivity contribution in [3.05, 3.63) is 78.3 Å². The van der Waals surface area contributed by atoms with E-state index < -0.39 is 0 Å². The van der Waals surface area contributed by atoms with Crippen molar-refractivity contribution in [1.82, 2.24) is 4.98 Å². The molecule has 5 N–H and O–H groups in total. The molecule has 0 radical (unpaired) electrons. The van der Waals surface area contributed by atoms with Gasteiger partial charge in [-0.1, -0.05) is 30.5 Å². The Kier molecular flexibility index (Phi) is 6.27. The number of nitrogen functional groups attached to an aromatic ring is 1. The Hall–Kier alpha value is -2.93. The van der Waals surface area contributed by atoms with Gasteiger partial charge in [0.15, 0.2) is 5.09 Å². The quantitative estimate of drug-likeness (QED) is 0.179. The number of nitrogens with two attached hydrogens (primary N) is 2. The van der Waals surface area contributed by atoms with Crippen LogP contribution in [0.1, 0.15) is 5.56 Å². The van der Waals surface area contributed by atoms with Crippen LogP contribution in [0, 0.1) is 0 Å². The predicted molar refractivity (Wildman–Crippen MR) is 101 cm³/mol. The van der Waals surface area contributed by atoms with Crippen LogP contribution in [-0.2, 0) is 4.74 Å². The lowest BCUT2D eigenvalue weighted by atomic mass is 10.2. The van der Waals surface area contributed by atoms with Gasteiger partial charge in [0, 0.05) is 29.4 Å². The number of pyridine rings is 1. The van der Waals surface area contributed by atoms with Gasteiger partial charge in [-0.3, -0.25) is 4.98 Å². The first-order chi connectivity index (χ1) is 11.6. The molecule has 0 fully saturated rings. The summed E-state index contributed by atoms with van der Waals surface area (Å²) >= 11 is 1.38. The molecule has 124 valence electrons. The number of hydrogen-bond acceptors (Lipinski definition) is 7. The van der Waals surface area contributed by atoms with E-state index in [0.29, 0.717) is 16.5 Å². The molecule has 7 heteroatoms. The average molecular weight is 341 g/mol. The largest absolute Gasteiger partial charge is 0.431 e. The Morgan fingerprint density at radius 2 is 1.92 bits per heavy atom. The van der Waals surface area contributed by atoms with Gasteiger partial charge in [-0.25, -0.2) is 0 Å². The van der Waals surface area contributed by atoms with E-state index in [4.69, 9.17) is 16.3 Å². The lowest BCUT2D eigenvalue weighted by molar-refractivity contribution is 0.458. The molecular weight excluding hydrogens is 322 g/mol. The van der Waals surface area contributed by atoms with Crippen LogP contribution in [0.3, 0.4) is 0 Å². The van der Waals surface area contributed by atoms with Gasteiger partial charge in [-0.2, -0.15) is 0 Å². The Morgan fingerprint density at radius 3 is 2.58 bits per heavy atom. The molecule has 2 rings (SSSR count). The number of aromatic nitrogens is 1. The van der Waals surface area contributed by atoms with E-state index in [1.165, 1.54) is 11.8 Å². The standard InChI is InChI=1S/C17H19N5OS/c1-12(21-16-6-4-3-5-15(16)18)11-24-13(2)23-17(22-19)14-7-9-20-10-8-14/h3-10,21H,1-2,11,18-19H2/b22-17-. The van der Waals surface area contributed by atoms with Gasteiger partial charge in [0.05, 0.1) is 11.4 Å². The highest BCUT2D eigenvalue weighted by atomic mass is 32.2. The fourth-order valence-electron chi connectivity index (χ4n) is 1.80. The molecule has 1 aromatic carbocycles. The Labute approximate surface area is 145 Å². The van der Waals surface area contributed by atoms with E-state index in [1.807, 2.05) is 24.3 Å². The molecular formula is C17H19N5OS. The molecule has 0 aliphatic carbocycles. The molecule has 0 saturated heterocycles. The first kappa shape index (κ1) is 17.4. The molecule has 0 spiro atoms. The van der Waals surface area contributed by atoms with Crippen LogP contribution in [0.4, 0.5) is 11.4 Å². The van der Waals surface area contributed by atoms with Crippen LogP contribution in [0.2, 0.25) is 0 Å². The lowest BCUT2D eigenvalue weighted by Gasteiger charge is -2.13. The number of rotatable bonds is 7. The van der Waals surface area contributed by atoms with Gasteiger partial charge >= 0.3 is 0 Å². The SMILES string of the molecule is C=C(CSC(=C)O/C(=N\N)c1ccncc1)Nc1ccccc1N. The summed E-state index contributed by atoms with van der Waals surface area (Å²) in [6.45, 7) is 7.83. The second-order valence-electron chi connectivity index (χ2n) is 4.75. The number of anilines is 2. The summed E-state index contributed by atoms with van der Waals surface area (Å²) in [5, 5.41) is 7.27. The minimum atomic E-state index is 0.278. The van der Waals surface area contributed by atoms with Crippen LogP contribution in [0.25, 0.3) is 0 Å². The third kappa shape index (κ3) is 5.06. The van der Waals surface area contributed by atoms with Crippen molar-refractivity contribution < 1.29 is 4.74 Å². The van der Waals surface area contributed by atoms with Gasteiger partial charge in [-0.05, 0) is 30.8 Å². The van der Waals surface area contributed by atoms with Gasteiger partial charge in [-0.15, -0.1) is 5.10 Å². The third-order valence-corrected chi connectivity index (χ3v) is 3.83. The van der Waals surface area contributed by atoms with Crippen LogP contribution in [-0.4, -0.2) is 16.6 Å². The molecule has 0 aliphatic rings. The third-order valence-electron chi connectivity index (χ3n) is 2.93. The maximum atomic E-state index is 5.89. The first-order valence-electron chi connectivity index (χ1n) is 7.07. The summed E-state index contributed by atoms with van der Waals surface area (Å²) in [5.41, 5.74) is 8.86. The number of ether oxygens (including phenoxy) is 1. The lowest BCUT2D eigenvalue weighted by Crippen LogP contribution is -2.09. The molecule has 0 atom stereocenters. The van der Waals surface area contributed by atoms with Crippen molar-refractivity contribution >= 4 is 29.0 Å². The number of hydrazone groups is 1. The number of benzene rings is 1. The number of nitrogens with zero attached hydrogens (tertiary/aromatic N) is 2. The topological polar surface area (TPSA) is 98.5 Å². The highest BCUT2D eigenvalue weighted by Gasteiger charge is 2.08. The number of thioether (sulfide) groups is 1. The summed E-state index contributed by atoms with van der Waals surface area (Å²) in [6, 6.07) is 11.0. The maximum absolute atomic E-state index is 5.89. The van der Waals surface area contributed by atoms with E-state index in [1.54, 1.807) is 24.5 Å². The van der Waals surface area contributed by atoms with Crippen molar-refractivity contribution in [2.24, 2.45) is 10.9 Å². The van der Waals surface area contributed by atoms with Gasteiger partial charge in [0.1, 0.15) is 0 Å². The second-order valence-corrected chi connectivity index (χ2v) is 5.78. The molecule has 0 unspecified atom stereocenters. The molecule has 0 saturated carbocycles. The fraction of sp³-hybridized carbons (Fsp3) is 0.0588. The minimum Gasteiger partial charge on any atom is -0.431 e. The molecule has 1 heterocycles. The Morgan fingerprint density at radius 1 is 1.21 bits per heavy atom. The van der Waals surface area contributed by atoms with Crippen LogP contribution >= 0.6 is 11.8 Å². The Bertz CT molecular complexity index is 746. The summed E-state index contributed by atoms with van der Waals surface area (Å²) in [6.07, 6.45) is 3.27. The van der Waals surface area contributed by atoms with Crippen LogP contribution < -0.4 is 16.9 Å². The summed E-state index contributed by atoms with van der Waals surface area (Å²) < 4.78 is 5.58. The molecule has 0 aliphatic heterocycles. The first-order valence-corrected chi connectivity index (χ1v) is 8.06. The van der Waals surface area contributed by atoms with Gasteiger partial charge < -0.3 is 21.6 Å². The predicted octanol–water partition coefficient (Wildman–Crippen LogP) is 3.13. The van der Waals surface area contributed by atoms with E-state index in [9.17, 15) is 0 Å². The zero-order valence-corrected chi connectivity index (χ0v) is 13.9. The second kappa shape index (κ2) is 8.64. The normalized spacial score (nSPS) is 10.9. The van der Waals surface area contributed by atoms with Crippen LogP contribution in [0.5, 0.6) is 0 Å². The summed E-state index contributed by atoms with van der Waals surface area (Å²) in [4.78, 5) is 3.94. The number of para-hydroxylation sites is 2. The fourth-order valence-corrected chi connectivity index (χ4v) is 2.34. The molecule has 1 aromatic heterocycles. The highest BCUT2D eigenvalue weighted by molar-refractivity contribution is 8.03. The zero-order chi connectivity index (χ0) is 17.4. The van der Waals surface area contributed by atoms with Crippen molar-refractivity contribution in [1.29, 1.82) is 0 Å². The van der Waals surface area contributed by atoms with Gasteiger partial charge in [0.2, 0.25) is 5.90 Å². The molecule has 24 heavy (non-hydrogen) atoms. The van der Waals surface area contributed by atoms with Crippen molar-refractivity contribution in [2.45, 2.75) is 0 Å². The maximum Gasteiger partial charge on any atom is 0.243 e. The monoisotopic (exact) mass is 341 g/mol. The van der Waals surface area contributed by atoms with Crippen molar-refractivity contribution in [3.8, 4) is 0 Å². The van der Waals surface area contributed by atoms with E-state index in [0.717, 1.165) is 16.9 Å². The highest BCUT2D eigenvalue weighted by Crippen LogP contribution is 2.23. The van der Waals surface area contributed by atoms with E-state index in [-0.39, 0.29) is 5.90 Å². The van der Waals surface area contributed by atoms with E-state index in [2.05, 4.69) is 28.6 Å². The molecule has 0 bridgehead atoms. The van der Waals surface area contributed by atoms with Crippen LogP contribution in [0.15, 0.2) is 77.8 Å². The number of nitrogens with one attached hydrogen (secondary N) is 1. The summed E-state index contributed by atoms with van der Waals surface area (Å²) in [7, 11) is 0. The molecule has 0 amide bonds. The van der Waals surface area contributed by atoms with Crippen molar-refractivity contribution in [3.63, 3.8) is 0 Å². The van der Waals surface area contributed by atoms with Crippen molar-refractivity contribution in [2.75, 3.05) is 16.8 Å². The zero-order valence-electron chi connectivity index (χ0n) is 13.1. The molecule has 6 nitrogen and oxygen atoms in total. The van der Waals surface area contributed by atoms with Gasteiger partial charge in [0.25, 0.3) is 0 Å². The smallest absolute Gasteiger partial charge is 0.243 e. The minimum absolute atomic E-state index is 0.278.